The Labute approximate surface area is 178 Å². The molecule has 1 amide bonds. The fourth-order valence-corrected chi connectivity index (χ4v) is 3.24. The van der Waals surface area contributed by atoms with Gasteiger partial charge >= 0.3 is 5.97 Å². The molecular formula is C22H31N3O3S. The van der Waals surface area contributed by atoms with Crippen molar-refractivity contribution in [2.75, 3.05) is 19.0 Å². The van der Waals surface area contributed by atoms with Gasteiger partial charge in [-0.2, -0.15) is 0 Å². The fraction of sp³-hybridized carbons (Fsp3) is 0.500. The van der Waals surface area contributed by atoms with Crippen LogP contribution < -0.4 is 10.6 Å². The van der Waals surface area contributed by atoms with Gasteiger partial charge in [-0.25, -0.2) is 4.79 Å². The van der Waals surface area contributed by atoms with Gasteiger partial charge in [0.1, 0.15) is 0 Å². The Morgan fingerprint density at radius 2 is 1.93 bits per heavy atom. The van der Waals surface area contributed by atoms with E-state index in [1.807, 2.05) is 52.1 Å². The van der Waals surface area contributed by atoms with E-state index in [9.17, 15) is 9.59 Å². The highest BCUT2D eigenvalue weighted by atomic mass is 32.1. The molecular weight excluding hydrogens is 386 g/mol. The molecule has 7 heteroatoms. The number of amides is 1. The first kappa shape index (κ1) is 22.9. The predicted molar refractivity (Wildman–Crippen MR) is 119 cm³/mol. The highest BCUT2D eigenvalue weighted by Gasteiger charge is 2.33. The summed E-state index contributed by atoms with van der Waals surface area (Å²) < 4.78 is 5.50. The van der Waals surface area contributed by atoms with Crippen LogP contribution in [0, 0.1) is 5.92 Å². The molecule has 0 fully saturated rings. The standard InChI is InChI=1S/C22H31N3O3S/c1-6-7-8-18(26)23-17-11-9-16(10-12-17)20-19(21(27)28-13-14(2)3)15(4)25(5)22(29)24-20/h9-12,14,20H,6-8,13H2,1-5H3,(H,23,26)(H,24,29). The number of rotatable bonds is 8. The number of unbranched alkanes of at least 4 members (excludes halogenated alkanes) is 1. The highest BCUT2D eigenvalue weighted by molar-refractivity contribution is 7.80. The molecule has 1 heterocycles. The molecule has 1 unspecified atom stereocenters. The van der Waals surface area contributed by atoms with Crippen molar-refractivity contribution in [2.45, 2.75) is 53.0 Å². The minimum atomic E-state index is -0.400. The summed E-state index contributed by atoms with van der Waals surface area (Å²) >= 11 is 5.42. The lowest BCUT2D eigenvalue weighted by atomic mass is 9.95. The van der Waals surface area contributed by atoms with Crippen LogP contribution in [0.5, 0.6) is 0 Å². The molecule has 0 saturated heterocycles. The van der Waals surface area contributed by atoms with Gasteiger partial charge in [-0.1, -0.05) is 39.3 Å². The SMILES string of the molecule is CCCCC(=O)Nc1ccc(C2NC(=S)N(C)C(C)=C2C(=O)OCC(C)C)cc1. The largest absolute Gasteiger partial charge is 0.462 e. The number of benzene rings is 1. The topological polar surface area (TPSA) is 70.7 Å². The van der Waals surface area contributed by atoms with E-state index in [1.165, 1.54) is 0 Å². The normalized spacial score (nSPS) is 16.7. The van der Waals surface area contributed by atoms with Gasteiger partial charge in [-0.3, -0.25) is 4.79 Å². The minimum absolute atomic E-state index is 0.00638. The molecule has 0 aromatic heterocycles. The average molecular weight is 418 g/mol. The quantitative estimate of drug-likeness (QED) is 0.489. The summed E-state index contributed by atoms with van der Waals surface area (Å²) in [6, 6.07) is 7.07. The van der Waals surface area contributed by atoms with Gasteiger partial charge in [0.05, 0.1) is 18.2 Å². The first-order valence-electron chi connectivity index (χ1n) is 10.1. The van der Waals surface area contributed by atoms with Gasteiger partial charge in [-0.05, 0) is 49.2 Å². The zero-order valence-corrected chi connectivity index (χ0v) is 18.7. The summed E-state index contributed by atoms with van der Waals surface area (Å²) in [4.78, 5) is 26.5. The number of carbonyl (C=O) groups excluding carboxylic acids is 2. The zero-order valence-electron chi connectivity index (χ0n) is 17.9. The Morgan fingerprint density at radius 3 is 2.52 bits per heavy atom. The van der Waals surface area contributed by atoms with E-state index in [1.54, 1.807) is 4.90 Å². The predicted octanol–water partition coefficient (Wildman–Crippen LogP) is 4.15. The number of allylic oxidation sites excluding steroid dienone is 1. The summed E-state index contributed by atoms with van der Waals surface area (Å²) in [6.07, 6.45) is 2.36. The zero-order chi connectivity index (χ0) is 21.6. The molecule has 29 heavy (non-hydrogen) atoms. The van der Waals surface area contributed by atoms with Gasteiger partial charge in [-0.15, -0.1) is 0 Å². The van der Waals surface area contributed by atoms with E-state index >= 15 is 0 Å². The second-order valence-corrected chi connectivity index (χ2v) is 8.09. The lowest BCUT2D eigenvalue weighted by Gasteiger charge is -2.35. The molecule has 158 valence electrons. The monoisotopic (exact) mass is 417 g/mol. The molecule has 0 saturated carbocycles. The third-order valence-electron chi connectivity index (χ3n) is 4.81. The molecule has 1 aromatic rings. The Bertz CT molecular complexity index is 787. The Balaban J connectivity index is 2.24. The van der Waals surface area contributed by atoms with Crippen LogP contribution in [0.25, 0.3) is 0 Å². The lowest BCUT2D eigenvalue weighted by Crippen LogP contribution is -2.46. The van der Waals surface area contributed by atoms with Crippen LogP contribution in [0.15, 0.2) is 35.5 Å². The van der Waals surface area contributed by atoms with Crippen molar-refractivity contribution in [1.82, 2.24) is 10.2 Å². The highest BCUT2D eigenvalue weighted by Crippen LogP contribution is 2.31. The summed E-state index contributed by atoms with van der Waals surface area (Å²) in [5.41, 5.74) is 2.92. The van der Waals surface area contributed by atoms with Crippen LogP contribution in [0.1, 0.15) is 58.6 Å². The number of hydrogen-bond acceptors (Lipinski definition) is 4. The first-order valence-corrected chi connectivity index (χ1v) is 10.5. The van der Waals surface area contributed by atoms with Crippen LogP contribution in [0.3, 0.4) is 0 Å². The molecule has 0 spiro atoms. The average Bonchev–Trinajstić information content (AvgIpc) is 2.69. The van der Waals surface area contributed by atoms with Gasteiger partial charge in [0, 0.05) is 24.9 Å². The van der Waals surface area contributed by atoms with Crippen molar-refractivity contribution < 1.29 is 14.3 Å². The maximum absolute atomic E-state index is 12.8. The number of hydrogen-bond donors (Lipinski definition) is 2. The second-order valence-electron chi connectivity index (χ2n) is 7.71. The molecule has 6 nitrogen and oxygen atoms in total. The Kier molecular flexibility index (Phi) is 8.20. The van der Waals surface area contributed by atoms with Crippen LogP contribution >= 0.6 is 12.2 Å². The fourth-order valence-electron chi connectivity index (χ4n) is 2.99. The third-order valence-corrected chi connectivity index (χ3v) is 5.20. The minimum Gasteiger partial charge on any atom is -0.462 e. The smallest absolute Gasteiger partial charge is 0.338 e. The number of anilines is 1. The van der Waals surface area contributed by atoms with Crippen molar-refractivity contribution in [3.8, 4) is 0 Å². The number of nitrogens with zero attached hydrogens (tertiary/aromatic N) is 1. The summed E-state index contributed by atoms with van der Waals surface area (Å²) in [5.74, 6) is -0.0869. The van der Waals surface area contributed by atoms with Crippen molar-refractivity contribution in [3.63, 3.8) is 0 Å². The Hall–Kier alpha value is -2.41. The Morgan fingerprint density at radius 1 is 1.28 bits per heavy atom. The molecule has 1 aliphatic rings. The van der Waals surface area contributed by atoms with E-state index < -0.39 is 6.04 Å². The van der Waals surface area contributed by atoms with E-state index in [0.29, 0.717) is 23.7 Å². The van der Waals surface area contributed by atoms with E-state index in [2.05, 4.69) is 17.6 Å². The van der Waals surface area contributed by atoms with Crippen molar-refractivity contribution in [2.24, 2.45) is 5.92 Å². The molecule has 1 aromatic carbocycles. The van der Waals surface area contributed by atoms with Gasteiger partial charge < -0.3 is 20.3 Å². The van der Waals surface area contributed by atoms with Crippen LogP contribution in [-0.4, -0.2) is 35.5 Å². The third kappa shape index (κ3) is 6.03. The van der Waals surface area contributed by atoms with Crippen LogP contribution in [0.4, 0.5) is 5.69 Å². The van der Waals surface area contributed by atoms with Crippen LogP contribution in [-0.2, 0) is 14.3 Å². The van der Waals surface area contributed by atoms with Crippen molar-refractivity contribution >= 4 is 34.9 Å². The van der Waals surface area contributed by atoms with E-state index in [4.69, 9.17) is 17.0 Å². The number of thiocarbonyl (C=S) groups is 1. The molecule has 0 aliphatic carbocycles. The molecule has 0 radical (unpaired) electrons. The van der Waals surface area contributed by atoms with Gasteiger partial charge in [0.25, 0.3) is 0 Å². The number of carbonyl (C=O) groups is 2. The second kappa shape index (κ2) is 10.4. The van der Waals surface area contributed by atoms with Crippen molar-refractivity contribution in [1.29, 1.82) is 0 Å². The maximum Gasteiger partial charge on any atom is 0.338 e. The van der Waals surface area contributed by atoms with Gasteiger partial charge in [0.15, 0.2) is 5.11 Å². The molecule has 2 N–H and O–H groups in total. The van der Waals surface area contributed by atoms with E-state index in [-0.39, 0.29) is 17.8 Å². The summed E-state index contributed by atoms with van der Waals surface area (Å²) in [6.45, 7) is 8.29. The summed E-state index contributed by atoms with van der Waals surface area (Å²) in [7, 11) is 1.82. The lowest BCUT2D eigenvalue weighted by molar-refractivity contribution is -0.140. The van der Waals surface area contributed by atoms with Gasteiger partial charge in [0.2, 0.25) is 5.91 Å². The molecule has 1 atom stereocenters. The number of nitrogens with one attached hydrogen (secondary N) is 2. The van der Waals surface area contributed by atoms with Crippen molar-refractivity contribution in [3.05, 3.63) is 41.1 Å². The van der Waals surface area contributed by atoms with E-state index in [0.717, 1.165) is 29.8 Å². The number of esters is 1. The molecule has 0 bridgehead atoms. The number of ether oxygens (including phenoxy) is 1. The molecule has 1 aliphatic heterocycles. The summed E-state index contributed by atoms with van der Waals surface area (Å²) in [5, 5.41) is 6.68. The maximum atomic E-state index is 12.8. The molecule has 2 rings (SSSR count). The first-order chi connectivity index (χ1) is 13.7. The van der Waals surface area contributed by atoms with Crippen LogP contribution in [0.2, 0.25) is 0 Å².